The molecule has 3 aromatic rings. The molecule has 0 spiro atoms. The molecule has 0 aromatic heterocycles. The van der Waals surface area contributed by atoms with Crippen molar-refractivity contribution in [3.63, 3.8) is 0 Å². The monoisotopic (exact) mass is 490 g/mol. The smallest absolute Gasteiger partial charge is 0.340 e. The summed E-state index contributed by atoms with van der Waals surface area (Å²) in [5.41, 5.74) is 1.95. The number of allylic oxidation sites excluding steroid dienone is 2. The second kappa shape index (κ2) is 8.96. The van der Waals surface area contributed by atoms with Gasteiger partial charge in [0, 0.05) is 0 Å². The summed E-state index contributed by atoms with van der Waals surface area (Å²) >= 11 is 0. The summed E-state index contributed by atoms with van der Waals surface area (Å²) in [5.74, 6) is -0.502. The van der Waals surface area contributed by atoms with E-state index < -0.39 is 22.0 Å². The molecule has 1 unspecified atom stereocenters. The molecule has 2 heterocycles. The SMILES string of the molecule is COc1ccc(C2C(C(=O)OCc3ccccc3)=C(C)OC3=C2S(=O)(=O)Oc2ccccc23)cc1. The molecule has 1 atom stereocenters. The molecular formula is C27H22O7S. The molecule has 8 heteroatoms. The zero-order valence-electron chi connectivity index (χ0n) is 19.1. The van der Waals surface area contributed by atoms with Crippen LogP contribution in [0.1, 0.15) is 29.5 Å². The van der Waals surface area contributed by atoms with Gasteiger partial charge in [-0.1, -0.05) is 54.6 Å². The van der Waals surface area contributed by atoms with Crippen molar-refractivity contribution in [2.75, 3.05) is 7.11 Å². The average Bonchev–Trinajstić information content (AvgIpc) is 2.87. The second-order valence-corrected chi connectivity index (χ2v) is 9.58. The van der Waals surface area contributed by atoms with E-state index in [0.29, 0.717) is 16.9 Å². The normalized spacial score (nSPS) is 18.1. The van der Waals surface area contributed by atoms with E-state index in [1.807, 2.05) is 30.3 Å². The molecule has 5 rings (SSSR count). The van der Waals surface area contributed by atoms with Gasteiger partial charge in [-0.05, 0) is 42.3 Å². The van der Waals surface area contributed by atoms with Gasteiger partial charge in [0.1, 0.15) is 23.0 Å². The van der Waals surface area contributed by atoms with Crippen LogP contribution in [0, 0.1) is 0 Å². The Balaban J connectivity index is 1.63. The minimum atomic E-state index is -4.29. The van der Waals surface area contributed by atoms with Crippen LogP contribution >= 0.6 is 0 Å². The highest BCUT2D eigenvalue weighted by molar-refractivity contribution is 7.91. The fourth-order valence-corrected chi connectivity index (χ4v) is 5.63. The van der Waals surface area contributed by atoms with Gasteiger partial charge in [0.25, 0.3) is 0 Å². The molecule has 0 fully saturated rings. The predicted octanol–water partition coefficient (Wildman–Crippen LogP) is 4.92. The average molecular weight is 491 g/mol. The molecule has 0 amide bonds. The van der Waals surface area contributed by atoms with E-state index in [1.54, 1.807) is 55.5 Å². The highest BCUT2D eigenvalue weighted by Crippen LogP contribution is 2.50. The summed E-state index contributed by atoms with van der Waals surface area (Å²) in [4.78, 5) is 13.2. The van der Waals surface area contributed by atoms with Crippen LogP contribution in [-0.4, -0.2) is 21.5 Å². The zero-order valence-corrected chi connectivity index (χ0v) is 19.9. The van der Waals surface area contributed by atoms with E-state index in [0.717, 1.165) is 5.56 Å². The number of ether oxygens (including phenoxy) is 3. The molecule has 0 radical (unpaired) electrons. The van der Waals surface area contributed by atoms with Crippen LogP contribution in [0.5, 0.6) is 11.5 Å². The molecule has 3 aromatic carbocycles. The highest BCUT2D eigenvalue weighted by Gasteiger charge is 2.46. The third kappa shape index (κ3) is 4.17. The van der Waals surface area contributed by atoms with Crippen molar-refractivity contribution in [3.05, 3.63) is 112 Å². The van der Waals surface area contributed by atoms with Crippen LogP contribution in [0.15, 0.2) is 95.1 Å². The van der Waals surface area contributed by atoms with Gasteiger partial charge in [-0.2, -0.15) is 8.42 Å². The molecule has 35 heavy (non-hydrogen) atoms. The Kier molecular flexibility index (Phi) is 5.82. The van der Waals surface area contributed by atoms with Gasteiger partial charge < -0.3 is 18.4 Å². The second-order valence-electron chi connectivity index (χ2n) is 8.07. The Bertz CT molecular complexity index is 1450. The van der Waals surface area contributed by atoms with Crippen molar-refractivity contribution >= 4 is 21.8 Å². The van der Waals surface area contributed by atoms with Crippen molar-refractivity contribution in [1.82, 2.24) is 0 Å². The highest BCUT2D eigenvalue weighted by atomic mass is 32.2. The number of fused-ring (bicyclic) bond motifs is 2. The van der Waals surface area contributed by atoms with E-state index >= 15 is 0 Å². The summed E-state index contributed by atoms with van der Waals surface area (Å²) in [6.45, 7) is 1.66. The minimum Gasteiger partial charge on any atom is -0.497 e. The maximum absolute atomic E-state index is 13.4. The Morgan fingerprint density at radius 2 is 1.63 bits per heavy atom. The summed E-state index contributed by atoms with van der Waals surface area (Å²) in [6, 6.07) is 22.8. The maximum atomic E-state index is 13.4. The van der Waals surface area contributed by atoms with Crippen molar-refractivity contribution in [3.8, 4) is 11.5 Å². The molecule has 0 saturated heterocycles. The number of benzene rings is 3. The molecule has 0 N–H and O–H groups in total. The van der Waals surface area contributed by atoms with Gasteiger partial charge >= 0.3 is 16.1 Å². The third-order valence-electron chi connectivity index (χ3n) is 5.89. The van der Waals surface area contributed by atoms with E-state index in [2.05, 4.69) is 0 Å². The van der Waals surface area contributed by atoms with Gasteiger partial charge in [0.15, 0.2) is 11.5 Å². The standard InChI is InChI=1S/C27H22O7S/c1-17-23(27(28)32-16-18-8-4-3-5-9-18)24(19-12-14-20(31-2)15-13-19)26-25(33-17)21-10-6-7-11-22(21)34-35(26,29)30/h3-15,24H,16H2,1-2H3. The summed E-state index contributed by atoms with van der Waals surface area (Å²) < 4.78 is 49.0. The molecule has 0 bridgehead atoms. The van der Waals surface area contributed by atoms with Gasteiger partial charge in [-0.15, -0.1) is 0 Å². The molecule has 0 saturated carbocycles. The zero-order chi connectivity index (χ0) is 24.6. The van der Waals surface area contributed by atoms with Gasteiger partial charge in [-0.25, -0.2) is 4.79 Å². The molecular weight excluding hydrogens is 468 g/mol. The van der Waals surface area contributed by atoms with Crippen LogP contribution in [0.3, 0.4) is 0 Å². The first-order chi connectivity index (χ1) is 16.9. The first-order valence-electron chi connectivity index (χ1n) is 10.9. The first-order valence-corrected chi connectivity index (χ1v) is 12.3. The topological polar surface area (TPSA) is 88.1 Å². The fourth-order valence-electron chi connectivity index (χ4n) is 4.24. The van der Waals surface area contributed by atoms with E-state index in [9.17, 15) is 13.2 Å². The van der Waals surface area contributed by atoms with Crippen molar-refractivity contribution in [1.29, 1.82) is 0 Å². The van der Waals surface area contributed by atoms with Crippen LogP contribution in [0.2, 0.25) is 0 Å². The van der Waals surface area contributed by atoms with Crippen LogP contribution in [0.25, 0.3) is 5.76 Å². The summed E-state index contributed by atoms with van der Waals surface area (Å²) in [5, 5.41) is 0. The lowest BCUT2D eigenvalue weighted by atomic mass is 9.86. The number of methoxy groups -OCH3 is 1. The number of para-hydroxylation sites is 1. The third-order valence-corrected chi connectivity index (χ3v) is 7.25. The van der Waals surface area contributed by atoms with Gasteiger partial charge in [0.05, 0.1) is 24.2 Å². The van der Waals surface area contributed by atoms with E-state index in [4.69, 9.17) is 18.4 Å². The van der Waals surface area contributed by atoms with Crippen molar-refractivity contribution in [2.24, 2.45) is 0 Å². The quantitative estimate of drug-likeness (QED) is 0.371. The number of esters is 1. The Labute approximate surface area is 203 Å². The minimum absolute atomic E-state index is 0.0315. The number of hydrogen-bond acceptors (Lipinski definition) is 7. The Morgan fingerprint density at radius 3 is 2.34 bits per heavy atom. The van der Waals surface area contributed by atoms with E-state index in [-0.39, 0.29) is 34.4 Å². The van der Waals surface area contributed by atoms with Crippen LogP contribution in [0.4, 0.5) is 0 Å². The lowest BCUT2D eigenvalue weighted by Gasteiger charge is -2.33. The van der Waals surface area contributed by atoms with Crippen molar-refractivity contribution < 1.29 is 31.6 Å². The molecule has 0 aliphatic carbocycles. The largest absolute Gasteiger partial charge is 0.497 e. The summed E-state index contributed by atoms with van der Waals surface area (Å²) in [6.07, 6.45) is 0. The maximum Gasteiger partial charge on any atom is 0.340 e. The van der Waals surface area contributed by atoms with Crippen LogP contribution < -0.4 is 8.92 Å². The molecule has 7 nitrogen and oxygen atoms in total. The lowest BCUT2D eigenvalue weighted by molar-refractivity contribution is -0.140. The van der Waals surface area contributed by atoms with Gasteiger partial charge in [0.2, 0.25) is 0 Å². The lowest BCUT2D eigenvalue weighted by Crippen LogP contribution is -2.31. The number of carbonyl (C=O) groups excluding carboxylic acids is 1. The first kappa shape index (κ1) is 22.7. The predicted molar refractivity (Wildman–Crippen MR) is 129 cm³/mol. The molecule has 178 valence electrons. The van der Waals surface area contributed by atoms with Crippen LogP contribution in [-0.2, 0) is 31.0 Å². The fraction of sp³-hybridized carbons (Fsp3) is 0.148. The number of rotatable bonds is 5. The molecule has 2 aliphatic rings. The van der Waals surface area contributed by atoms with Crippen molar-refractivity contribution in [2.45, 2.75) is 19.4 Å². The summed E-state index contributed by atoms with van der Waals surface area (Å²) in [7, 11) is -2.75. The van der Waals surface area contributed by atoms with Gasteiger partial charge in [-0.3, -0.25) is 0 Å². The number of carbonyl (C=O) groups is 1. The Hall–Kier alpha value is -4.04. The molecule has 2 aliphatic heterocycles. The number of hydrogen-bond donors (Lipinski definition) is 0. The Morgan fingerprint density at radius 1 is 0.943 bits per heavy atom. The van der Waals surface area contributed by atoms with E-state index in [1.165, 1.54) is 7.11 Å².